The minimum absolute atomic E-state index is 0.0212. The first-order valence-corrected chi connectivity index (χ1v) is 8.21. The number of thiophene rings is 1. The largest absolute Gasteiger partial charge is 0.374 e. The number of anilines is 1. The molecule has 1 aliphatic heterocycles. The molecule has 8 heteroatoms. The van der Waals surface area contributed by atoms with Gasteiger partial charge in [0.15, 0.2) is 0 Å². The van der Waals surface area contributed by atoms with E-state index in [-0.39, 0.29) is 12.0 Å². The van der Waals surface area contributed by atoms with Gasteiger partial charge in [-0.25, -0.2) is 0 Å². The Kier molecular flexibility index (Phi) is 5.02. The summed E-state index contributed by atoms with van der Waals surface area (Å²) in [4.78, 5) is 14.2. The second-order valence-corrected chi connectivity index (χ2v) is 6.20. The Morgan fingerprint density at radius 2 is 2.52 bits per heavy atom. The summed E-state index contributed by atoms with van der Waals surface area (Å²) in [5.41, 5.74) is 0.502. The van der Waals surface area contributed by atoms with E-state index in [1.807, 2.05) is 16.9 Å². The van der Waals surface area contributed by atoms with Gasteiger partial charge in [-0.2, -0.15) is 10.4 Å². The minimum Gasteiger partial charge on any atom is -0.374 e. The number of nitriles is 1. The van der Waals surface area contributed by atoms with Gasteiger partial charge in [-0.1, -0.05) is 0 Å². The topological polar surface area (TPSA) is 83.2 Å². The molecule has 1 fully saturated rings. The van der Waals surface area contributed by atoms with E-state index >= 15 is 0 Å². The van der Waals surface area contributed by atoms with Crippen molar-refractivity contribution in [1.29, 1.82) is 5.26 Å². The molecule has 23 heavy (non-hydrogen) atoms. The van der Waals surface area contributed by atoms with Crippen molar-refractivity contribution in [3.8, 4) is 6.07 Å². The van der Waals surface area contributed by atoms with E-state index in [1.54, 1.807) is 17.6 Å². The highest BCUT2D eigenvalue weighted by atomic mass is 32.1. The van der Waals surface area contributed by atoms with Gasteiger partial charge in [0.25, 0.3) is 0 Å². The Labute approximate surface area is 138 Å². The van der Waals surface area contributed by atoms with Gasteiger partial charge in [-0.05, 0) is 17.5 Å². The van der Waals surface area contributed by atoms with Crippen LogP contribution in [0.5, 0.6) is 0 Å². The molecule has 0 saturated carbocycles. The molecule has 7 nitrogen and oxygen atoms in total. The highest BCUT2D eigenvalue weighted by molar-refractivity contribution is 7.14. The summed E-state index contributed by atoms with van der Waals surface area (Å²) in [6.45, 7) is 2.97. The first kappa shape index (κ1) is 15.7. The summed E-state index contributed by atoms with van der Waals surface area (Å²) in [7, 11) is 0. The van der Waals surface area contributed by atoms with Crippen LogP contribution in [-0.4, -0.2) is 52.9 Å². The molecular formula is C15H17N5O2S. The monoisotopic (exact) mass is 331 g/mol. The number of hydrogen-bond acceptors (Lipinski definition) is 6. The molecule has 2 aromatic heterocycles. The molecule has 1 amide bonds. The van der Waals surface area contributed by atoms with Crippen LogP contribution < -0.4 is 5.32 Å². The third-order valence-electron chi connectivity index (χ3n) is 3.58. The Morgan fingerprint density at radius 1 is 1.61 bits per heavy atom. The highest BCUT2D eigenvalue weighted by Crippen LogP contribution is 2.22. The van der Waals surface area contributed by atoms with Gasteiger partial charge in [0.1, 0.15) is 11.1 Å². The fourth-order valence-corrected chi connectivity index (χ4v) is 3.27. The number of morpholine rings is 1. The fourth-order valence-electron chi connectivity index (χ4n) is 2.51. The predicted octanol–water partition coefficient (Wildman–Crippen LogP) is 1.16. The van der Waals surface area contributed by atoms with E-state index in [0.717, 1.165) is 6.54 Å². The maximum absolute atomic E-state index is 12.2. The van der Waals surface area contributed by atoms with E-state index in [4.69, 9.17) is 10.00 Å². The third kappa shape index (κ3) is 4.16. The number of nitrogens with zero attached hydrogens (tertiary/aromatic N) is 4. The van der Waals surface area contributed by atoms with Crippen molar-refractivity contribution in [2.24, 2.45) is 0 Å². The van der Waals surface area contributed by atoms with Crippen molar-refractivity contribution >= 4 is 22.2 Å². The van der Waals surface area contributed by atoms with Gasteiger partial charge in [0, 0.05) is 25.5 Å². The molecular weight excluding hydrogens is 314 g/mol. The summed E-state index contributed by atoms with van der Waals surface area (Å²) < 4.78 is 7.56. The Hall–Kier alpha value is -2.21. The van der Waals surface area contributed by atoms with Crippen LogP contribution in [0.3, 0.4) is 0 Å². The molecule has 0 bridgehead atoms. The minimum atomic E-state index is -0.108. The molecule has 0 unspecified atom stereocenters. The maximum Gasteiger partial charge on any atom is 0.239 e. The van der Waals surface area contributed by atoms with Gasteiger partial charge in [0.2, 0.25) is 5.91 Å². The number of nitrogens with one attached hydrogen (secondary N) is 1. The number of amides is 1. The molecule has 1 saturated heterocycles. The van der Waals surface area contributed by atoms with Crippen LogP contribution >= 0.6 is 11.3 Å². The van der Waals surface area contributed by atoms with E-state index in [2.05, 4.69) is 21.4 Å². The molecule has 1 N–H and O–H groups in total. The zero-order valence-electron chi connectivity index (χ0n) is 12.5. The molecule has 1 atom stereocenters. The molecule has 2 aromatic rings. The Bertz CT molecular complexity index is 691. The zero-order chi connectivity index (χ0) is 16.1. The fraction of sp³-hybridized carbons (Fsp3) is 0.400. The number of hydrogen-bond donors (Lipinski definition) is 1. The van der Waals surface area contributed by atoms with E-state index < -0.39 is 0 Å². The summed E-state index contributed by atoms with van der Waals surface area (Å²) in [5, 5.41) is 18.4. The summed E-state index contributed by atoms with van der Waals surface area (Å²) in [6, 6.07) is 5.65. The number of ether oxygens (including phenoxy) is 1. The zero-order valence-corrected chi connectivity index (χ0v) is 13.3. The van der Waals surface area contributed by atoms with Crippen LogP contribution in [0.25, 0.3) is 0 Å². The standard InChI is InChI=1S/C15H17N5O2S/c16-8-12-2-7-23-15(12)18-14(21)11-19-5-6-22-13(9-19)10-20-4-1-3-17-20/h1-4,7,13H,5-6,9-11H2,(H,18,21)/t13-/m1/s1. The van der Waals surface area contributed by atoms with Crippen LogP contribution in [0.15, 0.2) is 29.9 Å². The summed E-state index contributed by atoms with van der Waals surface area (Å²) in [5.74, 6) is -0.108. The lowest BCUT2D eigenvalue weighted by Crippen LogP contribution is -2.47. The van der Waals surface area contributed by atoms with Gasteiger partial charge < -0.3 is 10.1 Å². The van der Waals surface area contributed by atoms with Crippen molar-refractivity contribution in [2.75, 3.05) is 31.6 Å². The molecule has 0 aromatic carbocycles. The molecule has 3 rings (SSSR count). The summed E-state index contributed by atoms with van der Waals surface area (Å²) in [6.07, 6.45) is 3.66. The molecule has 0 aliphatic carbocycles. The average molecular weight is 331 g/mol. The predicted molar refractivity (Wildman–Crippen MR) is 86.1 cm³/mol. The second kappa shape index (κ2) is 7.37. The Balaban J connectivity index is 1.51. The van der Waals surface area contributed by atoms with Gasteiger partial charge in [-0.3, -0.25) is 14.4 Å². The van der Waals surface area contributed by atoms with Crippen LogP contribution in [0.4, 0.5) is 5.00 Å². The second-order valence-electron chi connectivity index (χ2n) is 5.28. The smallest absolute Gasteiger partial charge is 0.239 e. The molecule has 3 heterocycles. The van der Waals surface area contributed by atoms with Crippen molar-refractivity contribution < 1.29 is 9.53 Å². The lowest BCUT2D eigenvalue weighted by Gasteiger charge is -2.32. The maximum atomic E-state index is 12.2. The van der Waals surface area contributed by atoms with Crippen molar-refractivity contribution in [2.45, 2.75) is 12.6 Å². The average Bonchev–Trinajstić information content (AvgIpc) is 3.19. The van der Waals surface area contributed by atoms with E-state index in [9.17, 15) is 4.79 Å². The van der Waals surface area contributed by atoms with Crippen LogP contribution in [-0.2, 0) is 16.1 Å². The van der Waals surface area contributed by atoms with Gasteiger partial charge in [-0.15, -0.1) is 11.3 Å². The van der Waals surface area contributed by atoms with Crippen molar-refractivity contribution in [3.05, 3.63) is 35.5 Å². The van der Waals surface area contributed by atoms with E-state index in [1.165, 1.54) is 11.3 Å². The normalized spacial score (nSPS) is 18.5. The van der Waals surface area contributed by atoms with Crippen LogP contribution in [0, 0.1) is 11.3 Å². The number of carbonyl (C=O) groups is 1. The van der Waals surface area contributed by atoms with E-state index in [0.29, 0.717) is 36.8 Å². The molecule has 0 radical (unpaired) electrons. The van der Waals surface area contributed by atoms with Crippen LogP contribution in [0.2, 0.25) is 0 Å². The highest BCUT2D eigenvalue weighted by Gasteiger charge is 2.23. The molecule has 120 valence electrons. The van der Waals surface area contributed by atoms with Crippen LogP contribution in [0.1, 0.15) is 5.56 Å². The van der Waals surface area contributed by atoms with Crippen molar-refractivity contribution in [1.82, 2.24) is 14.7 Å². The first-order chi connectivity index (χ1) is 11.2. The van der Waals surface area contributed by atoms with Gasteiger partial charge >= 0.3 is 0 Å². The quantitative estimate of drug-likeness (QED) is 0.889. The number of rotatable bonds is 5. The third-order valence-corrected chi connectivity index (χ3v) is 4.41. The first-order valence-electron chi connectivity index (χ1n) is 7.33. The van der Waals surface area contributed by atoms with Crippen molar-refractivity contribution in [3.63, 3.8) is 0 Å². The lowest BCUT2D eigenvalue weighted by molar-refractivity contribution is -0.119. The number of carbonyl (C=O) groups excluding carboxylic acids is 1. The molecule has 1 aliphatic rings. The summed E-state index contributed by atoms with van der Waals surface area (Å²) >= 11 is 1.36. The Morgan fingerprint density at radius 3 is 3.30 bits per heavy atom. The lowest BCUT2D eigenvalue weighted by atomic mass is 10.2. The van der Waals surface area contributed by atoms with Gasteiger partial charge in [0.05, 0.1) is 31.4 Å². The SMILES string of the molecule is N#Cc1ccsc1NC(=O)CN1CCO[C@@H](Cn2cccn2)C1. The number of aromatic nitrogens is 2. The molecule has 0 spiro atoms.